The number of benzene rings is 2. The van der Waals surface area contributed by atoms with Gasteiger partial charge in [0.1, 0.15) is 11.3 Å². The van der Waals surface area contributed by atoms with Crippen LogP contribution in [0.2, 0.25) is 0 Å². The highest BCUT2D eigenvalue weighted by atomic mass is 16.5. The Kier molecular flexibility index (Phi) is 3.29. The van der Waals surface area contributed by atoms with E-state index in [9.17, 15) is 0 Å². The molecule has 0 bridgehead atoms. The number of nitrogen functional groups attached to an aromatic ring is 1. The zero-order valence-electron chi connectivity index (χ0n) is 11.3. The largest absolute Gasteiger partial charge is 0.497 e. The Labute approximate surface area is 117 Å². The van der Waals surface area contributed by atoms with Crippen molar-refractivity contribution < 1.29 is 9.15 Å². The highest BCUT2D eigenvalue weighted by Gasteiger charge is 2.07. The van der Waals surface area contributed by atoms with Gasteiger partial charge in [0, 0.05) is 18.2 Å². The number of aromatic nitrogens is 1. The summed E-state index contributed by atoms with van der Waals surface area (Å²) in [7, 11) is 1.64. The standard InChI is InChI=1S/C16H16N2O2/c1-19-13-6-7-14-15(10-13)20-16(18-14)8-5-11-3-2-4-12(17)9-11/h2-4,6-7,9-10H,5,8,17H2,1H3. The molecule has 2 aromatic carbocycles. The molecule has 3 rings (SSSR count). The fourth-order valence-corrected chi connectivity index (χ4v) is 2.19. The molecule has 0 aliphatic heterocycles. The highest BCUT2D eigenvalue weighted by Crippen LogP contribution is 2.22. The second-order valence-corrected chi connectivity index (χ2v) is 4.69. The zero-order valence-corrected chi connectivity index (χ0v) is 11.3. The van der Waals surface area contributed by atoms with Crippen molar-refractivity contribution in [1.29, 1.82) is 0 Å². The van der Waals surface area contributed by atoms with Crippen LogP contribution in [-0.4, -0.2) is 12.1 Å². The number of hydrogen-bond acceptors (Lipinski definition) is 4. The Morgan fingerprint density at radius 2 is 2.05 bits per heavy atom. The van der Waals surface area contributed by atoms with Crippen LogP contribution in [0.15, 0.2) is 46.9 Å². The van der Waals surface area contributed by atoms with Gasteiger partial charge in [0.25, 0.3) is 0 Å². The normalized spacial score (nSPS) is 10.8. The lowest BCUT2D eigenvalue weighted by atomic mass is 10.1. The van der Waals surface area contributed by atoms with E-state index in [1.165, 1.54) is 5.56 Å². The Morgan fingerprint density at radius 3 is 2.85 bits per heavy atom. The summed E-state index contributed by atoms with van der Waals surface area (Å²) in [5, 5.41) is 0. The van der Waals surface area contributed by atoms with Crippen LogP contribution in [0, 0.1) is 0 Å². The summed E-state index contributed by atoms with van der Waals surface area (Å²) in [5.41, 5.74) is 9.35. The minimum atomic E-state index is 0.732. The molecule has 1 heterocycles. The molecule has 3 aromatic rings. The number of rotatable bonds is 4. The number of aryl methyl sites for hydroxylation is 2. The average Bonchev–Trinajstić information content (AvgIpc) is 2.87. The van der Waals surface area contributed by atoms with Crippen LogP contribution in [-0.2, 0) is 12.8 Å². The summed E-state index contributed by atoms with van der Waals surface area (Å²) in [6.45, 7) is 0. The Hall–Kier alpha value is -2.49. The fraction of sp³-hybridized carbons (Fsp3) is 0.188. The fourth-order valence-electron chi connectivity index (χ4n) is 2.19. The molecule has 102 valence electrons. The first kappa shape index (κ1) is 12.5. The zero-order chi connectivity index (χ0) is 13.9. The number of nitrogens with two attached hydrogens (primary N) is 1. The molecule has 0 saturated carbocycles. The Bertz CT molecular complexity index is 734. The monoisotopic (exact) mass is 268 g/mol. The number of ether oxygens (including phenoxy) is 1. The molecular weight excluding hydrogens is 252 g/mol. The summed E-state index contributed by atoms with van der Waals surface area (Å²) in [6, 6.07) is 13.5. The van der Waals surface area contributed by atoms with Gasteiger partial charge in [-0.15, -0.1) is 0 Å². The van der Waals surface area contributed by atoms with Crippen molar-refractivity contribution in [1.82, 2.24) is 4.98 Å². The lowest BCUT2D eigenvalue weighted by molar-refractivity contribution is 0.414. The summed E-state index contributed by atoms with van der Waals surface area (Å²) in [6.07, 6.45) is 1.61. The molecule has 20 heavy (non-hydrogen) atoms. The summed E-state index contributed by atoms with van der Waals surface area (Å²) >= 11 is 0. The Morgan fingerprint density at radius 1 is 1.15 bits per heavy atom. The lowest BCUT2D eigenvalue weighted by Crippen LogP contribution is -1.93. The quantitative estimate of drug-likeness (QED) is 0.738. The van der Waals surface area contributed by atoms with E-state index < -0.39 is 0 Å². The molecule has 0 fully saturated rings. The van der Waals surface area contributed by atoms with Crippen molar-refractivity contribution in [2.75, 3.05) is 12.8 Å². The number of oxazole rings is 1. The lowest BCUT2D eigenvalue weighted by Gasteiger charge is -1.99. The topological polar surface area (TPSA) is 61.3 Å². The van der Waals surface area contributed by atoms with E-state index in [4.69, 9.17) is 14.9 Å². The molecule has 0 aliphatic carbocycles. The van der Waals surface area contributed by atoms with Crippen LogP contribution in [0.5, 0.6) is 5.75 Å². The molecule has 0 spiro atoms. The minimum Gasteiger partial charge on any atom is -0.497 e. The SMILES string of the molecule is COc1ccc2nc(CCc3cccc(N)c3)oc2c1. The van der Waals surface area contributed by atoms with Crippen molar-refractivity contribution >= 4 is 16.8 Å². The van der Waals surface area contributed by atoms with E-state index in [1.807, 2.05) is 36.4 Å². The molecule has 0 radical (unpaired) electrons. The van der Waals surface area contributed by atoms with Crippen LogP contribution in [0.3, 0.4) is 0 Å². The smallest absolute Gasteiger partial charge is 0.195 e. The molecule has 2 N–H and O–H groups in total. The molecule has 0 saturated heterocycles. The van der Waals surface area contributed by atoms with Crippen LogP contribution < -0.4 is 10.5 Å². The van der Waals surface area contributed by atoms with Crippen molar-refractivity contribution in [3.05, 3.63) is 53.9 Å². The summed E-state index contributed by atoms with van der Waals surface area (Å²) in [4.78, 5) is 4.47. The van der Waals surface area contributed by atoms with Gasteiger partial charge >= 0.3 is 0 Å². The van der Waals surface area contributed by atoms with E-state index in [1.54, 1.807) is 7.11 Å². The first-order valence-corrected chi connectivity index (χ1v) is 6.52. The van der Waals surface area contributed by atoms with Gasteiger partial charge in [0.15, 0.2) is 11.5 Å². The van der Waals surface area contributed by atoms with Crippen molar-refractivity contribution in [3.8, 4) is 5.75 Å². The predicted molar refractivity (Wildman–Crippen MR) is 78.8 cm³/mol. The van der Waals surface area contributed by atoms with Crippen molar-refractivity contribution in [3.63, 3.8) is 0 Å². The second-order valence-electron chi connectivity index (χ2n) is 4.69. The molecule has 1 aromatic heterocycles. The van der Waals surface area contributed by atoms with Gasteiger partial charge < -0.3 is 14.9 Å². The molecule has 0 unspecified atom stereocenters. The minimum absolute atomic E-state index is 0.732. The molecule has 4 heteroatoms. The maximum absolute atomic E-state index is 5.77. The third-order valence-corrected chi connectivity index (χ3v) is 3.22. The van der Waals surface area contributed by atoms with E-state index in [-0.39, 0.29) is 0 Å². The third-order valence-electron chi connectivity index (χ3n) is 3.22. The Balaban J connectivity index is 1.77. The first-order valence-electron chi connectivity index (χ1n) is 6.52. The molecule has 4 nitrogen and oxygen atoms in total. The first-order chi connectivity index (χ1) is 9.74. The molecule has 0 aliphatic rings. The van der Waals surface area contributed by atoms with Crippen molar-refractivity contribution in [2.45, 2.75) is 12.8 Å². The van der Waals surface area contributed by atoms with Gasteiger partial charge in [0.05, 0.1) is 7.11 Å². The van der Waals surface area contributed by atoms with Crippen LogP contribution in [0.4, 0.5) is 5.69 Å². The van der Waals surface area contributed by atoms with Crippen LogP contribution in [0.25, 0.3) is 11.1 Å². The van der Waals surface area contributed by atoms with Gasteiger partial charge in [0.2, 0.25) is 0 Å². The highest BCUT2D eigenvalue weighted by molar-refractivity contribution is 5.74. The van der Waals surface area contributed by atoms with Crippen LogP contribution >= 0.6 is 0 Å². The number of hydrogen-bond donors (Lipinski definition) is 1. The van der Waals surface area contributed by atoms with Crippen molar-refractivity contribution in [2.24, 2.45) is 0 Å². The summed E-state index contributed by atoms with van der Waals surface area (Å²) in [5.74, 6) is 1.51. The average molecular weight is 268 g/mol. The number of anilines is 1. The third kappa shape index (κ3) is 2.59. The molecular formula is C16H16N2O2. The van der Waals surface area contributed by atoms with Gasteiger partial charge in [-0.1, -0.05) is 12.1 Å². The van der Waals surface area contributed by atoms with Gasteiger partial charge in [-0.2, -0.15) is 0 Å². The van der Waals surface area contributed by atoms with E-state index in [0.717, 1.165) is 41.3 Å². The molecule has 0 amide bonds. The van der Waals surface area contributed by atoms with Crippen LogP contribution in [0.1, 0.15) is 11.5 Å². The molecule has 0 atom stereocenters. The van der Waals surface area contributed by atoms with Gasteiger partial charge in [-0.3, -0.25) is 0 Å². The van der Waals surface area contributed by atoms with E-state index >= 15 is 0 Å². The van der Waals surface area contributed by atoms with E-state index in [2.05, 4.69) is 11.1 Å². The number of nitrogens with zero attached hydrogens (tertiary/aromatic N) is 1. The number of fused-ring (bicyclic) bond motifs is 1. The van der Waals surface area contributed by atoms with E-state index in [0.29, 0.717) is 0 Å². The van der Waals surface area contributed by atoms with Gasteiger partial charge in [-0.05, 0) is 36.2 Å². The number of methoxy groups -OCH3 is 1. The second kappa shape index (κ2) is 5.25. The predicted octanol–water partition coefficient (Wildman–Crippen LogP) is 3.20. The maximum atomic E-state index is 5.77. The maximum Gasteiger partial charge on any atom is 0.195 e. The van der Waals surface area contributed by atoms with Gasteiger partial charge in [-0.25, -0.2) is 4.98 Å². The summed E-state index contributed by atoms with van der Waals surface area (Å²) < 4.78 is 10.9.